The Morgan fingerprint density at radius 1 is 0.568 bits per heavy atom. The summed E-state index contributed by atoms with van der Waals surface area (Å²) in [5, 5.41) is 0. The quantitative estimate of drug-likeness (QED) is 0.112. The molecule has 212 valence electrons. The van der Waals surface area contributed by atoms with E-state index < -0.39 is 11.8 Å². The molecule has 8 atom stereocenters. The number of carbonyl (C=O) groups excluding carboxylic acids is 2. The fraction of sp³-hybridized carbons (Fsp3) is 0.933. The van der Waals surface area contributed by atoms with Crippen molar-refractivity contribution in [1.29, 1.82) is 0 Å². The van der Waals surface area contributed by atoms with Gasteiger partial charge in [-0.25, -0.2) is 0 Å². The molecule has 4 rings (SSSR count). The van der Waals surface area contributed by atoms with E-state index in [9.17, 15) is 9.59 Å². The van der Waals surface area contributed by atoms with Crippen LogP contribution in [0.3, 0.4) is 0 Å². The van der Waals surface area contributed by atoms with E-state index in [0.29, 0.717) is 50.5 Å². The summed E-state index contributed by atoms with van der Waals surface area (Å²) in [4.78, 5) is 25.6. The first kappa shape index (κ1) is 28.8. The standard InChI is InChI=1S/C30H50O7/c1-3-23-25(35-23)15-11-7-5-9-13-17-33-29(31)21-19-27-28(37-27)20-22(21)30(32)34-18-14-10-6-8-12-16-26-24(4-2)36-26/h21-28H,3-20H2,1-2H3. The molecule has 0 radical (unpaired) electrons. The monoisotopic (exact) mass is 522 g/mol. The lowest BCUT2D eigenvalue weighted by Crippen LogP contribution is -2.37. The van der Waals surface area contributed by atoms with Gasteiger partial charge in [-0.15, -0.1) is 0 Å². The Kier molecular flexibility index (Phi) is 11.6. The Balaban J connectivity index is 1.02. The van der Waals surface area contributed by atoms with E-state index in [4.69, 9.17) is 23.7 Å². The third-order valence-corrected chi connectivity index (χ3v) is 8.69. The molecular weight excluding hydrogens is 472 g/mol. The highest BCUT2D eigenvalue weighted by atomic mass is 16.6. The van der Waals surface area contributed by atoms with Crippen LogP contribution in [0, 0.1) is 11.8 Å². The van der Waals surface area contributed by atoms with E-state index in [1.54, 1.807) is 0 Å². The fourth-order valence-electron chi connectivity index (χ4n) is 6.04. The van der Waals surface area contributed by atoms with E-state index in [1.165, 1.54) is 38.5 Å². The average Bonchev–Trinajstić information content (AvgIpc) is 3.80. The van der Waals surface area contributed by atoms with Crippen LogP contribution >= 0.6 is 0 Å². The minimum atomic E-state index is -0.433. The molecular formula is C30H50O7. The van der Waals surface area contributed by atoms with Crippen molar-refractivity contribution >= 4 is 11.9 Å². The molecule has 4 aliphatic rings. The molecule has 3 aliphatic heterocycles. The van der Waals surface area contributed by atoms with Gasteiger partial charge in [-0.05, 0) is 51.4 Å². The third-order valence-electron chi connectivity index (χ3n) is 8.69. The second kappa shape index (κ2) is 14.8. The molecule has 1 saturated carbocycles. The molecule has 4 fully saturated rings. The molecule has 0 aromatic rings. The Morgan fingerprint density at radius 2 is 0.973 bits per heavy atom. The van der Waals surface area contributed by atoms with Gasteiger partial charge in [0.05, 0.1) is 61.7 Å². The number of esters is 2. The number of rotatable bonds is 20. The zero-order valence-corrected chi connectivity index (χ0v) is 23.2. The van der Waals surface area contributed by atoms with Gasteiger partial charge in [0, 0.05) is 0 Å². The van der Waals surface area contributed by atoms with Crippen LogP contribution < -0.4 is 0 Å². The first-order chi connectivity index (χ1) is 18.1. The van der Waals surface area contributed by atoms with Gasteiger partial charge in [0.1, 0.15) is 0 Å². The summed E-state index contributed by atoms with van der Waals surface area (Å²) in [6.45, 7) is 5.22. The summed E-state index contributed by atoms with van der Waals surface area (Å²) in [7, 11) is 0. The van der Waals surface area contributed by atoms with Crippen LogP contribution in [0.4, 0.5) is 0 Å². The van der Waals surface area contributed by atoms with E-state index in [0.717, 1.165) is 51.4 Å². The van der Waals surface area contributed by atoms with Crippen LogP contribution in [0.5, 0.6) is 0 Å². The smallest absolute Gasteiger partial charge is 0.309 e. The lowest BCUT2D eigenvalue weighted by Gasteiger charge is -2.26. The van der Waals surface area contributed by atoms with Crippen LogP contribution in [0.1, 0.15) is 117 Å². The van der Waals surface area contributed by atoms with Crippen LogP contribution in [0.2, 0.25) is 0 Å². The van der Waals surface area contributed by atoms with Gasteiger partial charge in [-0.3, -0.25) is 9.59 Å². The molecule has 37 heavy (non-hydrogen) atoms. The largest absolute Gasteiger partial charge is 0.465 e. The molecule has 0 N–H and O–H groups in total. The molecule has 7 heteroatoms. The number of hydrogen-bond acceptors (Lipinski definition) is 7. The summed E-state index contributed by atoms with van der Waals surface area (Å²) in [5.74, 6) is -1.37. The van der Waals surface area contributed by atoms with Gasteiger partial charge in [0.25, 0.3) is 0 Å². The van der Waals surface area contributed by atoms with Crippen molar-refractivity contribution in [3.63, 3.8) is 0 Å². The molecule has 7 nitrogen and oxygen atoms in total. The predicted molar refractivity (Wildman–Crippen MR) is 140 cm³/mol. The van der Waals surface area contributed by atoms with Gasteiger partial charge in [0.15, 0.2) is 0 Å². The molecule has 0 bridgehead atoms. The first-order valence-corrected chi connectivity index (χ1v) is 15.4. The Labute approximate surface area is 223 Å². The molecule has 8 unspecified atom stereocenters. The van der Waals surface area contributed by atoms with Crippen molar-refractivity contribution in [2.75, 3.05) is 13.2 Å². The average molecular weight is 523 g/mol. The Hall–Kier alpha value is -1.18. The number of carbonyl (C=O) groups is 2. The van der Waals surface area contributed by atoms with E-state index in [-0.39, 0.29) is 24.1 Å². The summed E-state index contributed by atoms with van der Waals surface area (Å²) in [5.41, 5.74) is 0. The maximum atomic E-state index is 12.8. The second-order valence-corrected chi connectivity index (χ2v) is 11.6. The minimum absolute atomic E-state index is 0.109. The highest BCUT2D eigenvalue weighted by molar-refractivity contribution is 5.82. The van der Waals surface area contributed by atoms with Crippen LogP contribution in [0.25, 0.3) is 0 Å². The zero-order valence-electron chi connectivity index (χ0n) is 23.2. The summed E-state index contributed by atoms with van der Waals surface area (Å²) >= 11 is 0. The zero-order chi connectivity index (χ0) is 26.0. The number of hydrogen-bond donors (Lipinski definition) is 0. The van der Waals surface area contributed by atoms with Crippen molar-refractivity contribution < 1.29 is 33.3 Å². The van der Waals surface area contributed by atoms with Gasteiger partial charge in [-0.1, -0.05) is 65.2 Å². The van der Waals surface area contributed by atoms with Crippen molar-refractivity contribution in [3.05, 3.63) is 0 Å². The van der Waals surface area contributed by atoms with Crippen LogP contribution in [-0.2, 0) is 33.3 Å². The minimum Gasteiger partial charge on any atom is -0.465 e. The molecule has 0 aromatic heterocycles. The Morgan fingerprint density at radius 3 is 1.38 bits per heavy atom. The van der Waals surface area contributed by atoms with Gasteiger partial charge >= 0.3 is 11.9 Å². The highest BCUT2D eigenvalue weighted by Crippen LogP contribution is 2.44. The van der Waals surface area contributed by atoms with E-state index in [1.807, 2.05) is 0 Å². The van der Waals surface area contributed by atoms with E-state index >= 15 is 0 Å². The summed E-state index contributed by atoms with van der Waals surface area (Å²) in [6, 6.07) is 0. The third kappa shape index (κ3) is 9.50. The molecule has 3 saturated heterocycles. The van der Waals surface area contributed by atoms with Gasteiger partial charge in [0.2, 0.25) is 0 Å². The Bertz CT molecular complexity index is 654. The van der Waals surface area contributed by atoms with Crippen LogP contribution in [-0.4, -0.2) is 61.8 Å². The molecule has 3 heterocycles. The molecule has 0 spiro atoms. The van der Waals surface area contributed by atoms with Crippen LogP contribution in [0.15, 0.2) is 0 Å². The second-order valence-electron chi connectivity index (χ2n) is 11.6. The topological polar surface area (TPSA) is 90.2 Å². The van der Waals surface area contributed by atoms with E-state index in [2.05, 4.69) is 13.8 Å². The van der Waals surface area contributed by atoms with Gasteiger partial charge in [-0.2, -0.15) is 0 Å². The van der Waals surface area contributed by atoms with Crippen molar-refractivity contribution in [3.8, 4) is 0 Å². The number of fused-ring (bicyclic) bond motifs is 1. The fourth-order valence-corrected chi connectivity index (χ4v) is 6.04. The number of epoxide rings is 3. The maximum Gasteiger partial charge on any atom is 0.309 e. The van der Waals surface area contributed by atoms with Gasteiger partial charge < -0.3 is 23.7 Å². The normalized spacial score (nSPS) is 33.5. The lowest BCUT2D eigenvalue weighted by atomic mass is 9.79. The first-order valence-electron chi connectivity index (χ1n) is 15.4. The van der Waals surface area contributed by atoms with Crippen molar-refractivity contribution in [2.45, 2.75) is 153 Å². The number of ether oxygens (including phenoxy) is 5. The molecule has 0 amide bonds. The van der Waals surface area contributed by atoms with Crippen molar-refractivity contribution in [1.82, 2.24) is 0 Å². The molecule has 0 aromatic carbocycles. The summed E-state index contributed by atoms with van der Waals surface area (Å²) in [6.07, 6.45) is 19.0. The highest BCUT2D eigenvalue weighted by Gasteiger charge is 2.53. The SMILES string of the molecule is CCC1OC1CCCCCCCOC(=O)C1CC2OC2CC1C(=O)OCCCCCCCC1OC1CC. The number of unbranched alkanes of at least 4 members (excludes halogenated alkanes) is 8. The molecule has 1 aliphatic carbocycles. The van der Waals surface area contributed by atoms with Crippen molar-refractivity contribution in [2.24, 2.45) is 11.8 Å². The lowest BCUT2D eigenvalue weighted by molar-refractivity contribution is -0.162. The summed E-state index contributed by atoms with van der Waals surface area (Å²) < 4.78 is 28.0. The maximum absolute atomic E-state index is 12.8. The predicted octanol–water partition coefficient (Wildman–Crippen LogP) is 5.90.